The Labute approximate surface area is 120 Å². The fourth-order valence-corrected chi connectivity index (χ4v) is 3.62. The summed E-state index contributed by atoms with van der Waals surface area (Å²) in [6.45, 7) is 2.23. The minimum atomic E-state index is -0.360. The molecule has 2 rings (SSSR count). The highest BCUT2D eigenvalue weighted by atomic mass is 19.1. The van der Waals surface area contributed by atoms with Crippen LogP contribution in [0.25, 0.3) is 0 Å². The third-order valence-electron chi connectivity index (χ3n) is 4.66. The van der Waals surface area contributed by atoms with Crippen LogP contribution >= 0.6 is 0 Å². The molecule has 1 aromatic carbocycles. The van der Waals surface area contributed by atoms with E-state index < -0.39 is 0 Å². The maximum absolute atomic E-state index is 14.0. The number of benzene rings is 1. The maximum Gasteiger partial charge on any atom is 0.128 e. The van der Waals surface area contributed by atoms with Gasteiger partial charge in [0.2, 0.25) is 0 Å². The summed E-state index contributed by atoms with van der Waals surface area (Å²) in [4.78, 5) is 0. The van der Waals surface area contributed by atoms with Crippen LogP contribution in [0.1, 0.15) is 57.1 Å². The van der Waals surface area contributed by atoms with E-state index in [-0.39, 0.29) is 17.7 Å². The Balaban J connectivity index is 2.07. The van der Waals surface area contributed by atoms with Crippen molar-refractivity contribution in [1.29, 1.82) is 0 Å². The molecule has 0 amide bonds. The standard InChI is InChI=1S/C17H25F2N/c1-3-4-12-5-7-13(8-6-12)17(20-2)15-11-14(18)9-10-16(15)19/h9-13,17,20H,3-8H2,1-2H3. The quantitative estimate of drug-likeness (QED) is 0.815. The molecule has 1 unspecified atom stereocenters. The first-order valence-electron chi connectivity index (χ1n) is 7.78. The lowest BCUT2D eigenvalue weighted by atomic mass is 9.75. The molecule has 1 atom stereocenters. The molecule has 0 bridgehead atoms. The van der Waals surface area contributed by atoms with Crippen LogP contribution < -0.4 is 5.32 Å². The Bertz CT molecular complexity index is 425. The van der Waals surface area contributed by atoms with E-state index in [2.05, 4.69) is 12.2 Å². The van der Waals surface area contributed by atoms with Gasteiger partial charge in [-0.2, -0.15) is 0 Å². The molecule has 0 aromatic heterocycles. The van der Waals surface area contributed by atoms with Crippen LogP contribution in [0.3, 0.4) is 0 Å². The summed E-state index contributed by atoms with van der Waals surface area (Å²) in [5.41, 5.74) is 0.478. The highest BCUT2D eigenvalue weighted by Crippen LogP contribution is 2.38. The Morgan fingerprint density at radius 2 is 1.90 bits per heavy atom. The van der Waals surface area contributed by atoms with Gasteiger partial charge in [0.1, 0.15) is 11.6 Å². The number of hydrogen-bond acceptors (Lipinski definition) is 1. The fraction of sp³-hybridized carbons (Fsp3) is 0.647. The van der Waals surface area contributed by atoms with Crippen LogP contribution in [0.15, 0.2) is 18.2 Å². The summed E-state index contributed by atoms with van der Waals surface area (Å²) >= 11 is 0. The zero-order chi connectivity index (χ0) is 14.5. The van der Waals surface area contributed by atoms with Crippen molar-refractivity contribution < 1.29 is 8.78 Å². The van der Waals surface area contributed by atoms with E-state index >= 15 is 0 Å². The van der Waals surface area contributed by atoms with E-state index in [1.54, 1.807) is 0 Å². The summed E-state index contributed by atoms with van der Waals surface area (Å²) < 4.78 is 27.3. The van der Waals surface area contributed by atoms with Gasteiger partial charge < -0.3 is 5.32 Å². The molecule has 0 aliphatic heterocycles. The van der Waals surface area contributed by atoms with E-state index in [9.17, 15) is 8.78 Å². The molecule has 20 heavy (non-hydrogen) atoms. The largest absolute Gasteiger partial charge is 0.313 e. The normalized spacial score (nSPS) is 24.6. The predicted octanol–water partition coefficient (Wildman–Crippen LogP) is 4.83. The number of halogens is 2. The third-order valence-corrected chi connectivity index (χ3v) is 4.66. The van der Waals surface area contributed by atoms with E-state index in [0.717, 1.165) is 18.8 Å². The highest BCUT2D eigenvalue weighted by Gasteiger charge is 2.29. The maximum atomic E-state index is 14.0. The van der Waals surface area contributed by atoms with Gasteiger partial charge in [-0.05, 0) is 49.9 Å². The summed E-state index contributed by atoms with van der Waals surface area (Å²) in [6.07, 6.45) is 7.17. The molecule has 1 saturated carbocycles. The second-order valence-corrected chi connectivity index (χ2v) is 6.00. The van der Waals surface area contributed by atoms with Gasteiger partial charge in [0, 0.05) is 11.6 Å². The van der Waals surface area contributed by atoms with Crippen molar-refractivity contribution in [2.75, 3.05) is 7.05 Å². The first-order valence-corrected chi connectivity index (χ1v) is 7.78. The van der Waals surface area contributed by atoms with E-state index in [1.807, 2.05) is 7.05 Å². The van der Waals surface area contributed by atoms with Gasteiger partial charge in [-0.1, -0.05) is 32.6 Å². The lowest BCUT2D eigenvalue weighted by Gasteiger charge is -2.34. The first-order chi connectivity index (χ1) is 9.65. The molecule has 1 nitrogen and oxygen atoms in total. The third kappa shape index (κ3) is 3.57. The van der Waals surface area contributed by atoms with Crippen molar-refractivity contribution in [2.24, 2.45) is 11.8 Å². The Kier molecular flexibility index (Phi) is 5.53. The van der Waals surface area contributed by atoms with Gasteiger partial charge in [-0.15, -0.1) is 0 Å². The second-order valence-electron chi connectivity index (χ2n) is 6.00. The number of hydrogen-bond donors (Lipinski definition) is 1. The van der Waals surface area contributed by atoms with E-state index in [0.29, 0.717) is 11.5 Å². The lowest BCUT2D eigenvalue weighted by Crippen LogP contribution is -2.29. The topological polar surface area (TPSA) is 12.0 Å². The molecule has 1 fully saturated rings. The van der Waals surface area contributed by atoms with Crippen molar-refractivity contribution in [3.63, 3.8) is 0 Å². The van der Waals surface area contributed by atoms with Crippen LogP contribution in [0.2, 0.25) is 0 Å². The monoisotopic (exact) mass is 281 g/mol. The van der Waals surface area contributed by atoms with Gasteiger partial charge in [0.15, 0.2) is 0 Å². The van der Waals surface area contributed by atoms with Crippen LogP contribution in [0.4, 0.5) is 8.78 Å². The smallest absolute Gasteiger partial charge is 0.128 e. The molecular weight excluding hydrogens is 256 g/mol. The predicted molar refractivity (Wildman–Crippen MR) is 78.5 cm³/mol. The molecule has 1 aromatic rings. The van der Waals surface area contributed by atoms with Crippen LogP contribution in [0, 0.1) is 23.5 Å². The molecule has 3 heteroatoms. The molecule has 0 heterocycles. The zero-order valence-electron chi connectivity index (χ0n) is 12.5. The number of rotatable bonds is 5. The van der Waals surface area contributed by atoms with Crippen molar-refractivity contribution >= 4 is 0 Å². The van der Waals surface area contributed by atoms with Gasteiger partial charge in [0.05, 0.1) is 0 Å². The van der Waals surface area contributed by atoms with E-state index in [1.165, 1.54) is 43.9 Å². The van der Waals surface area contributed by atoms with Crippen LogP contribution in [-0.2, 0) is 0 Å². The van der Waals surface area contributed by atoms with Crippen molar-refractivity contribution in [3.8, 4) is 0 Å². The zero-order valence-corrected chi connectivity index (χ0v) is 12.5. The lowest BCUT2D eigenvalue weighted by molar-refractivity contribution is 0.217. The Morgan fingerprint density at radius 3 is 2.50 bits per heavy atom. The summed E-state index contributed by atoms with van der Waals surface area (Å²) in [6, 6.07) is 3.68. The van der Waals surface area contributed by atoms with Gasteiger partial charge in [0.25, 0.3) is 0 Å². The summed E-state index contributed by atoms with van der Waals surface area (Å²) in [5, 5.41) is 3.20. The summed E-state index contributed by atoms with van der Waals surface area (Å²) in [7, 11) is 1.84. The first kappa shape index (κ1) is 15.4. The minimum Gasteiger partial charge on any atom is -0.313 e. The molecule has 0 radical (unpaired) electrons. The summed E-state index contributed by atoms with van der Waals surface area (Å²) in [5.74, 6) is 0.568. The van der Waals surface area contributed by atoms with Crippen molar-refractivity contribution in [3.05, 3.63) is 35.4 Å². The van der Waals surface area contributed by atoms with Crippen LogP contribution in [-0.4, -0.2) is 7.05 Å². The van der Waals surface area contributed by atoms with Gasteiger partial charge >= 0.3 is 0 Å². The van der Waals surface area contributed by atoms with Crippen LogP contribution in [0.5, 0.6) is 0 Å². The molecule has 1 aliphatic carbocycles. The average Bonchev–Trinajstić information content (AvgIpc) is 2.45. The number of nitrogens with one attached hydrogen (secondary N) is 1. The van der Waals surface area contributed by atoms with Crippen molar-refractivity contribution in [1.82, 2.24) is 5.32 Å². The molecule has 1 aliphatic rings. The van der Waals surface area contributed by atoms with E-state index in [4.69, 9.17) is 0 Å². The van der Waals surface area contributed by atoms with Gasteiger partial charge in [-0.3, -0.25) is 0 Å². The van der Waals surface area contributed by atoms with Crippen molar-refractivity contribution in [2.45, 2.75) is 51.5 Å². The fourth-order valence-electron chi connectivity index (χ4n) is 3.62. The molecule has 112 valence electrons. The Morgan fingerprint density at radius 1 is 1.20 bits per heavy atom. The molecule has 0 saturated heterocycles. The molecule has 0 spiro atoms. The average molecular weight is 281 g/mol. The second kappa shape index (κ2) is 7.16. The Hall–Kier alpha value is -0.960. The highest BCUT2D eigenvalue weighted by molar-refractivity contribution is 5.23. The van der Waals surface area contributed by atoms with Gasteiger partial charge in [-0.25, -0.2) is 8.78 Å². The molecule has 1 N–H and O–H groups in total. The SMILES string of the molecule is CCCC1CCC(C(NC)c2cc(F)ccc2F)CC1. The minimum absolute atomic E-state index is 0.0757. The molecular formula is C17H25F2N.